The summed E-state index contributed by atoms with van der Waals surface area (Å²) in [5, 5.41) is 0. The second-order valence-corrected chi connectivity index (χ2v) is 3.42. The summed E-state index contributed by atoms with van der Waals surface area (Å²) < 4.78 is 5.40. The van der Waals surface area contributed by atoms with E-state index in [1.807, 2.05) is 13.8 Å². The van der Waals surface area contributed by atoms with Gasteiger partial charge >= 0.3 is 0 Å². The molecule has 1 rings (SSSR count). The zero-order valence-electron chi connectivity index (χ0n) is 8.68. The van der Waals surface area contributed by atoms with Gasteiger partial charge in [-0.25, -0.2) is 9.97 Å². The number of rotatable bonds is 5. The zero-order valence-corrected chi connectivity index (χ0v) is 8.68. The summed E-state index contributed by atoms with van der Waals surface area (Å²) in [5.74, 6) is 0.680. The Morgan fingerprint density at radius 2 is 2.00 bits per heavy atom. The Bertz CT molecular complexity index is 251. The molecule has 4 nitrogen and oxygen atoms in total. The monoisotopic (exact) mass is 195 g/mol. The highest BCUT2D eigenvalue weighted by Crippen LogP contribution is 2.07. The fourth-order valence-corrected chi connectivity index (χ4v) is 1.06. The molecule has 0 aliphatic heterocycles. The lowest BCUT2D eigenvalue weighted by molar-refractivity contribution is 0.0732. The van der Waals surface area contributed by atoms with Crippen LogP contribution in [0, 0.1) is 0 Å². The van der Waals surface area contributed by atoms with Crippen molar-refractivity contribution in [1.29, 1.82) is 0 Å². The van der Waals surface area contributed by atoms with Gasteiger partial charge in [-0.15, -0.1) is 0 Å². The third-order valence-electron chi connectivity index (χ3n) is 1.80. The third-order valence-corrected chi connectivity index (χ3v) is 1.80. The molecule has 1 aromatic rings. The minimum absolute atomic E-state index is 0.130. The van der Waals surface area contributed by atoms with Crippen LogP contribution in [0.15, 0.2) is 18.5 Å². The Morgan fingerprint density at radius 1 is 1.36 bits per heavy atom. The predicted molar refractivity (Wildman–Crippen MR) is 54.7 cm³/mol. The van der Waals surface area contributed by atoms with Gasteiger partial charge in [-0.2, -0.15) is 0 Å². The second kappa shape index (κ2) is 5.67. The van der Waals surface area contributed by atoms with Crippen molar-refractivity contribution in [2.75, 3.05) is 6.61 Å². The summed E-state index contributed by atoms with van der Waals surface area (Å²) in [5.41, 5.74) is 5.88. The molecule has 0 saturated carbocycles. The number of nitrogens with two attached hydrogens (primary N) is 1. The molecule has 0 aromatic carbocycles. The Hall–Kier alpha value is -1.00. The second-order valence-electron chi connectivity index (χ2n) is 3.42. The molecule has 0 radical (unpaired) electrons. The smallest absolute Gasteiger partial charge is 0.144 e. The quantitative estimate of drug-likeness (QED) is 0.769. The first-order chi connectivity index (χ1) is 6.70. The summed E-state index contributed by atoms with van der Waals surface area (Å²) in [4.78, 5) is 8.17. The molecule has 1 atom stereocenters. The molecule has 78 valence electrons. The SMILES string of the molecule is CC(C)OCCC(N)c1ncccn1. The Balaban J connectivity index is 2.32. The van der Waals surface area contributed by atoms with E-state index >= 15 is 0 Å². The molecule has 1 heterocycles. The van der Waals surface area contributed by atoms with Gasteiger partial charge in [-0.3, -0.25) is 0 Å². The van der Waals surface area contributed by atoms with Crippen molar-refractivity contribution in [3.05, 3.63) is 24.3 Å². The van der Waals surface area contributed by atoms with Gasteiger partial charge in [0, 0.05) is 19.0 Å². The minimum Gasteiger partial charge on any atom is -0.379 e. The van der Waals surface area contributed by atoms with E-state index in [-0.39, 0.29) is 12.1 Å². The van der Waals surface area contributed by atoms with Crippen LogP contribution >= 0.6 is 0 Å². The van der Waals surface area contributed by atoms with E-state index < -0.39 is 0 Å². The molecular weight excluding hydrogens is 178 g/mol. The Labute approximate surface area is 84.5 Å². The van der Waals surface area contributed by atoms with Crippen LogP contribution in [-0.2, 0) is 4.74 Å². The number of ether oxygens (including phenoxy) is 1. The number of hydrogen-bond donors (Lipinski definition) is 1. The van der Waals surface area contributed by atoms with Gasteiger partial charge in [0.05, 0.1) is 12.1 Å². The van der Waals surface area contributed by atoms with Crippen molar-refractivity contribution in [3.8, 4) is 0 Å². The van der Waals surface area contributed by atoms with Crippen molar-refractivity contribution in [2.24, 2.45) is 5.73 Å². The number of aromatic nitrogens is 2. The maximum absolute atomic E-state index is 5.88. The molecule has 0 amide bonds. The molecule has 0 aliphatic carbocycles. The molecule has 4 heteroatoms. The van der Waals surface area contributed by atoms with E-state index in [1.54, 1.807) is 18.5 Å². The van der Waals surface area contributed by atoms with Gasteiger partial charge in [0.25, 0.3) is 0 Å². The molecule has 14 heavy (non-hydrogen) atoms. The van der Waals surface area contributed by atoms with Crippen molar-refractivity contribution in [3.63, 3.8) is 0 Å². The molecule has 0 spiro atoms. The highest BCUT2D eigenvalue weighted by molar-refractivity contribution is 4.94. The first-order valence-electron chi connectivity index (χ1n) is 4.84. The van der Waals surface area contributed by atoms with Crippen LogP contribution in [0.2, 0.25) is 0 Å². The molecule has 2 N–H and O–H groups in total. The van der Waals surface area contributed by atoms with Crippen molar-refractivity contribution < 1.29 is 4.74 Å². The maximum atomic E-state index is 5.88. The Morgan fingerprint density at radius 3 is 2.57 bits per heavy atom. The van der Waals surface area contributed by atoms with Crippen LogP contribution in [0.3, 0.4) is 0 Å². The largest absolute Gasteiger partial charge is 0.379 e. The van der Waals surface area contributed by atoms with E-state index in [9.17, 15) is 0 Å². The van der Waals surface area contributed by atoms with E-state index in [0.29, 0.717) is 12.4 Å². The van der Waals surface area contributed by atoms with E-state index in [1.165, 1.54) is 0 Å². The minimum atomic E-state index is -0.130. The van der Waals surface area contributed by atoms with Crippen LogP contribution in [0.4, 0.5) is 0 Å². The van der Waals surface area contributed by atoms with Crippen LogP contribution < -0.4 is 5.73 Å². The standard InChI is InChI=1S/C10H17N3O/c1-8(2)14-7-4-9(11)10-12-5-3-6-13-10/h3,5-6,8-9H,4,7,11H2,1-2H3. The van der Waals surface area contributed by atoms with Crippen LogP contribution in [0.5, 0.6) is 0 Å². The van der Waals surface area contributed by atoms with Gasteiger partial charge in [0.15, 0.2) is 0 Å². The zero-order chi connectivity index (χ0) is 10.4. The van der Waals surface area contributed by atoms with E-state index in [4.69, 9.17) is 10.5 Å². The highest BCUT2D eigenvalue weighted by atomic mass is 16.5. The molecule has 0 aliphatic rings. The topological polar surface area (TPSA) is 61.0 Å². The van der Waals surface area contributed by atoms with Crippen LogP contribution in [0.1, 0.15) is 32.1 Å². The van der Waals surface area contributed by atoms with Crippen molar-refractivity contribution >= 4 is 0 Å². The number of hydrogen-bond acceptors (Lipinski definition) is 4. The van der Waals surface area contributed by atoms with Crippen LogP contribution in [0.25, 0.3) is 0 Å². The first kappa shape index (κ1) is 11.1. The Kier molecular flexibility index (Phi) is 4.49. The summed E-state index contributed by atoms with van der Waals surface area (Å²) in [6, 6.07) is 1.65. The average molecular weight is 195 g/mol. The molecule has 1 unspecified atom stereocenters. The normalized spacial score (nSPS) is 13.1. The number of nitrogens with zero attached hydrogens (tertiary/aromatic N) is 2. The predicted octanol–water partition coefficient (Wildman–Crippen LogP) is 1.29. The van der Waals surface area contributed by atoms with Crippen molar-refractivity contribution in [2.45, 2.75) is 32.4 Å². The molecule has 0 fully saturated rings. The van der Waals surface area contributed by atoms with Gasteiger partial charge < -0.3 is 10.5 Å². The maximum Gasteiger partial charge on any atom is 0.144 e. The van der Waals surface area contributed by atoms with Gasteiger partial charge in [0.2, 0.25) is 0 Å². The van der Waals surface area contributed by atoms with E-state index in [0.717, 1.165) is 6.42 Å². The lowest BCUT2D eigenvalue weighted by atomic mass is 10.2. The first-order valence-corrected chi connectivity index (χ1v) is 4.84. The van der Waals surface area contributed by atoms with Gasteiger partial charge in [-0.1, -0.05) is 0 Å². The molecule has 0 saturated heterocycles. The van der Waals surface area contributed by atoms with E-state index in [2.05, 4.69) is 9.97 Å². The summed E-state index contributed by atoms with van der Waals surface area (Å²) in [7, 11) is 0. The lowest BCUT2D eigenvalue weighted by Gasteiger charge is -2.11. The van der Waals surface area contributed by atoms with Crippen molar-refractivity contribution in [1.82, 2.24) is 9.97 Å². The van der Waals surface area contributed by atoms with Gasteiger partial charge in [0.1, 0.15) is 5.82 Å². The molecule has 1 aromatic heterocycles. The summed E-state index contributed by atoms with van der Waals surface area (Å²) >= 11 is 0. The molecular formula is C10H17N3O. The summed E-state index contributed by atoms with van der Waals surface area (Å²) in [6.45, 7) is 4.66. The third kappa shape index (κ3) is 3.81. The fourth-order valence-electron chi connectivity index (χ4n) is 1.06. The lowest BCUT2D eigenvalue weighted by Crippen LogP contribution is -2.17. The summed E-state index contributed by atoms with van der Waals surface area (Å²) in [6.07, 6.45) is 4.40. The fraction of sp³-hybridized carbons (Fsp3) is 0.600. The van der Waals surface area contributed by atoms with Crippen LogP contribution in [-0.4, -0.2) is 22.7 Å². The highest BCUT2D eigenvalue weighted by Gasteiger charge is 2.08. The van der Waals surface area contributed by atoms with Gasteiger partial charge in [-0.05, 0) is 26.3 Å². The molecule has 0 bridgehead atoms. The average Bonchev–Trinajstić information content (AvgIpc) is 2.18.